The maximum atomic E-state index is 9.17. The highest BCUT2D eigenvalue weighted by Crippen LogP contribution is 2.17. The van der Waals surface area contributed by atoms with E-state index in [9.17, 15) is 5.11 Å². The lowest BCUT2D eigenvalue weighted by Crippen LogP contribution is -2.00. The second-order valence-electron chi connectivity index (χ2n) is 4.09. The van der Waals surface area contributed by atoms with Crippen LogP contribution in [0.15, 0.2) is 42.5 Å². The predicted molar refractivity (Wildman–Crippen MR) is 71.0 cm³/mol. The van der Waals surface area contributed by atoms with E-state index < -0.39 is 0 Å². The summed E-state index contributed by atoms with van der Waals surface area (Å²) >= 11 is 0. The molecular formula is C14H16N2O. The predicted octanol–water partition coefficient (Wildman–Crippen LogP) is 2.89. The minimum Gasteiger partial charge on any atom is -0.508 e. The number of rotatable bonds is 3. The third-order valence-corrected chi connectivity index (χ3v) is 2.70. The Kier molecular flexibility index (Phi) is 3.19. The van der Waals surface area contributed by atoms with Crippen LogP contribution in [-0.4, -0.2) is 5.11 Å². The number of phenols is 1. The van der Waals surface area contributed by atoms with Crippen molar-refractivity contribution < 1.29 is 5.11 Å². The number of benzene rings is 2. The lowest BCUT2D eigenvalue weighted by molar-refractivity contribution is 0.475. The molecule has 0 atom stereocenters. The number of nitrogens with two attached hydrogens (primary N) is 1. The van der Waals surface area contributed by atoms with Crippen LogP contribution in [0.2, 0.25) is 0 Å². The van der Waals surface area contributed by atoms with Crippen molar-refractivity contribution in [3.63, 3.8) is 0 Å². The Hall–Kier alpha value is -2.16. The molecule has 2 aromatic rings. The number of aryl methyl sites for hydroxylation is 1. The summed E-state index contributed by atoms with van der Waals surface area (Å²) in [5, 5.41) is 12.5. The zero-order valence-corrected chi connectivity index (χ0v) is 9.77. The topological polar surface area (TPSA) is 58.3 Å². The van der Waals surface area contributed by atoms with E-state index in [1.165, 1.54) is 0 Å². The number of hydrogen-bond acceptors (Lipinski definition) is 3. The summed E-state index contributed by atoms with van der Waals surface area (Å²) < 4.78 is 0. The molecule has 0 unspecified atom stereocenters. The van der Waals surface area contributed by atoms with E-state index in [1.54, 1.807) is 12.1 Å². The highest BCUT2D eigenvalue weighted by Gasteiger charge is 1.97. The van der Waals surface area contributed by atoms with Crippen molar-refractivity contribution in [1.82, 2.24) is 0 Å². The van der Waals surface area contributed by atoms with Gasteiger partial charge in [0.25, 0.3) is 0 Å². The maximum absolute atomic E-state index is 9.17. The molecule has 0 aliphatic carbocycles. The van der Waals surface area contributed by atoms with Crippen LogP contribution in [0.3, 0.4) is 0 Å². The first-order valence-electron chi connectivity index (χ1n) is 5.53. The standard InChI is InChI=1S/C14H16N2O/c1-10-8-12(4-7-14(10)15)16-9-11-2-5-13(17)6-3-11/h2-8,16-17H,9,15H2,1H3. The van der Waals surface area contributed by atoms with Gasteiger partial charge >= 0.3 is 0 Å². The van der Waals surface area contributed by atoms with E-state index in [4.69, 9.17) is 5.73 Å². The quantitative estimate of drug-likeness (QED) is 0.708. The first-order chi connectivity index (χ1) is 8.15. The number of hydrogen-bond donors (Lipinski definition) is 3. The maximum Gasteiger partial charge on any atom is 0.115 e. The molecule has 0 amide bonds. The Morgan fingerprint density at radius 3 is 2.47 bits per heavy atom. The van der Waals surface area contributed by atoms with E-state index in [0.717, 1.165) is 29.0 Å². The van der Waals surface area contributed by atoms with Crippen molar-refractivity contribution in [1.29, 1.82) is 0 Å². The molecule has 0 fully saturated rings. The van der Waals surface area contributed by atoms with Gasteiger partial charge in [-0.2, -0.15) is 0 Å². The zero-order chi connectivity index (χ0) is 12.3. The molecule has 3 heteroatoms. The number of anilines is 2. The fourth-order valence-corrected chi connectivity index (χ4v) is 1.60. The molecule has 2 aromatic carbocycles. The molecule has 2 rings (SSSR count). The Bertz CT molecular complexity index is 506. The van der Waals surface area contributed by atoms with E-state index in [2.05, 4.69) is 5.32 Å². The van der Waals surface area contributed by atoms with Crippen LogP contribution in [0.25, 0.3) is 0 Å². The monoisotopic (exact) mass is 228 g/mol. The van der Waals surface area contributed by atoms with E-state index >= 15 is 0 Å². The molecule has 17 heavy (non-hydrogen) atoms. The van der Waals surface area contributed by atoms with Crippen molar-refractivity contribution in [2.45, 2.75) is 13.5 Å². The van der Waals surface area contributed by atoms with Gasteiger partial charge < -0.3 is 16.2 Å². The smallest absolute Gasteiger partial charge is 0.115 e. The van der Waals surface area contributed by atoms with Gasteiger partial charge in [0.05, 0.1) is 0 Å². The van der Waals surface area contributed by atoms with Crippen LogP contribution < -0.4 is 11.1 Å². The average Bonchev–Trinajstić information content (AvgIpc) is 2.33. The molecule has 0 saturated heterocycles. The van der Waals surface area contributed by atoms with Crippen molar-refractivity contribution in [2.75, 3.05) is 11.1 Å². The fourth-order valence-electron chi connectivity index (χ4n) is 1.60. The van der Waals surface area contributed by atoms with Gasteiger partial charge in [0.15, 0.2) is 0 Å². The SMILES string of the molecule is Cc1cc(NCc2ccc(O)cc2)ccc1N. The van der Waals surface area contributed by atoms with E-state index in [1.807, 2.05) is 37.3 Å². The van der Waals surface area contributed by atoms with Gasteiger partial charge in [-0.3, -0.25) is 0 Å². The van der Waals surface area contributed by atoms with E-state index in [0.29, 0.717) is 0 Å². The van der Waals surface area contributed by atoms with Crippen LogP contribution in [0.4, 0.5) is 11.4 Å². The normalized spacial score (nSPS) is 10.2. The molecule has 88 valence electrons. The zero-order valence-electron chi connectivity index (χ0n) is 9.77. The largest absolute Gasteiger partial charge is 0.508 e. The fraction of sp³-hybridized carbons (Fsp3) is 0.143. The molecule has 0 bridgehead atoms. The van der Waals surface area contributed by atoms with Gasteiger partial charge in [-0.15, -0.1) is 0 Å². The Morgan fingerprint density at radius 2 is 1.82 bits per heavy atom. The van der Waals surface area contributed by atoms with Crippen molar-refractivity contribution in [3.8, 4) is 5.75 Å². The molecular weight excluding hydrogens is 212 g/mol. The summed E-state index contributed by atoms with van der Waals surface area (Å²) in [4.78, 5) is 0. The average molecular weight is 228 g/mol. The third-order valence-electron chi connectivity index (χ3n) is 2.70. The Labute approximate surface area is 101 Å². The van der Waals surface area contributed by atoms with Gasteiger partial charge in [0, 0.05) is 17.9 Å². The highest BCUT2D eigenvalue weighted by atomic mass is 16.3. The Morgan fingerprint density at radius 1 is 1.12 bits per heavy atom. The number of phenolic OH excluding ortho intramolecular Hbond substituents is 1. The van der Waals surface area contributed by atoms with Crippen molar-refractivity contribution in [2.24, 2.45) is 0 Å². The molecule has 0 heterocycles. The molecule has 0 aliphatic rings. The van der Waals surface area contributed by atoms with Gasteiger partial charge in [0.2, 0.25) is 0 Å². The second-order valence-corrected chi connectivity index (χ2v) is 4.09. The first kappa shape index (κ1) is 11.3. The molecule has 0 spiro atoms. The number of nitrogen functional groups attached to an aromatic ring is 1. The second kappa shape index (κ2) is 4.78. The molecule has 0 radical (unpaired) electrons. The van der Waals surface area contributed by atoms with Crippen LogP contribution >= 0.6 is 0 Å². The van der Waals surface area contributed by atoms with Crippen molar-refractivity contribution in [3.05, 3.63) is 53.6 Å². The minimum atomic E-state index is 0.289. The summed E-state index contributed by atoms with van der Waals surface area (Å²) in [5.74, 6) is 0.289. The Balaban J connectivity index is 2.02. The minimum absolute atomic E-state index is 0.289. The van der Waals surface area contributed by atoms with Crippen LogP contribution in [0.5, 0.6) is 5.75 Å². The summed E-state index contributed by atoms with van der Waals surface area (Å²) in [6, 6.07) is 13.0. The summed E-state index contributed by atoms with van der Waals surface area (Å²) in [5.41, 5.74) is 9.80. The lowest BCUT2D eigenvalue weighted by Gasteiger charge is -2.08. The van der Waals surface area contributed by atoms with Gasteiger partial charge in [-0.05, 0) is 48.4 Å². The first-order valence-corrected chi connectivity index (χ1v) is 5.53. The van der Waals surface area contributed by atoms with Gasteiger partial charge in [0.1, 0.15) is 5.75 Å². The molecule has 4 N–H and O–H groups in total. The van der Waals surface area contributed by atoms with Crippen LogP contribution in [0, 0.1) is 6.92 Å². The number of nitrogens with one attached hydrogen (secondary N) is 1. The molecule has 0 aliphatic heterocycles. The van der Waals surface area contributed by atoms with Gasteiger partial charge in [-0.25, -0.2) is 0 Å². The van der Waals surface area contributed by atoms with Crippen LogP contribution in [-0.2, 0) is 6.54 Å². The molecule has 0 saturated carbocycles. The van der Waals surface area contributed by atoms with Gasteiger partial charge in [-0.1, -0.05) is 12.1 Å². The molecule has 3 nitrogen and oxygen atoms in total. The summed E-state index contributed by atoms with van der Waals surface area (Å²) in [7, 11) is 0. The number of aromatic hydroxyl groups is 1. The van der Waals surface area contributed by atoms with E-state index in [-0.39, 0.29) is 5.75 Å². The lowest BCUT2D eigenvalue weighted by atomic mass is 10.1. The van der Waals surface area contributed by atoms with Crippen LogP contribution in [0.1, 0.15) is 11.1 Å². The third kappa shape index (κ3) is 2.91. The molecule has 0 aromatic heterocycles. The van der Waals surface area contributed by atoms with Crippen molar-refractivity contribution >= 4 is 11.4 Å². The summed E-state index contributed by atoms with van der Waals surface area (Å²) in [6.45, 7) is 2.71. The highest BCUT2D eigenvalue weighted by molar-refractivity contribution is 5.56. The summed E-state index contributed by atoms with van der Waals surface area (Å²) in [6.07, 6.45) is 0.